The highest BCUT2D eigenvalue weighted by Crippen LogP contribution is 2.18. The molecule has 2 aromatic heterocycles. The third kappa shape index (κ3) is 3.28. The number of hydrogen-bond donors (Lipinski definition) is 3. The van der Waals surface area contributed by atoms with E-state index in [-0.39, 0.29) is 23.5 Å². The van der Waals surface area contributed by atoms with Gasteiger partial charge in [0, 0.05) is 23.2 Å². The molecule has 0 bridgehead atoms. The van der Waals surface area contributed by atoms with Gasteiger partial charge in [0.05, 0.1) is 11.7 Å². The first-order valence-corrected chi connectivity index (χ1v) is 7.85. The average molecular weight is 335 g/mol. The van der Waals surface area contributed by atoms with Gasteiger partial charge >= 0.3 is 0 Å². The standard InChI is InChI=1S/C18H17N5O2/c1-10-14(11(2)21-18(25)15(10)8-19)4-6-17(24)22-13-3-5-16-12(7-13)9-20-23-16/h3,5,7,9H,4,6H2,1-2H3,(H,20,23)(H,21,25)(H,22,24). The molecule has 0 saturated heterocycles. The van der Waals surface area contributed by atoms with Gasteiger partial charge in [-0.25, -0.2) is 0 Å². The number of amides is 1. The monoisotopic (exact) mass is 335 g/mol. The fraction of sp³-hybridized carbons (Fsp3) is 0.222. The molecule has 0 aliphatic rings. The molecule has 1 aromatic carbocycles. The van der Waals surface area contributed by atoms with Gasteiger partial charge in [-0.3, -0.25) is 14.7 Å². The summed E-state index contributed by atoms with van der Waals surface area (Å²) in [5.74, 6) is -0.133. The van der Waals surface area contributed by atoms with Gasteiger partial charge in [0.1, 0.15) is 11.6 Å². The maximum Gasteiger partial charge on any atom is 0.266 e. The summed E-state index contributed by atoms with van der Waals surface area (Å²) in [5.41, 5.74) is 3.47. The van der Waals surface area contributed by atoms with E-state index in [1.54, 1.807) is 20.0 Å². The fourth-order valence-corrected chi connectivity index (χ4v) is 2.90. The van der Waals surface area contributed by atoms with Crippen molar-refractivity contribution in [2.45, 2.75) is 26.7 Å². The molecule has 0 atom stereocenters. The molecule has 3 aromatic rings. The molecule has 0 fully saturated rings. The number of carbonyl (C=O) groups excluding carboxylic acids is 1. The van der Waals surface area contributed by atoms with Gasteiger partial charge in [0.2, 0.25) is 5.91 Å². The summed E-state index contributed by atoms with van der Waals surface area (Å²) in [6.45, 7) is 3.51. The number of nitrogens with one attached hydrogen (secondary N) is 3. The number of aromatic nitrogens is 3. The lowest BCUT2D eigenvalue weighted by atomic mass is 9.99. The minimum atomic E-state index is -0.390. The van der Waals surface area contributed by atoms with Crippen LogP contribution in [0.3, 0.4) is 0 Å². The van der Waals surface area contributed by atoms with Crippen molar-refractivity contribution >= 4 is 22.5 Å². The predicted molar refractivity (Wildman–Crippen MR) is 94.3 cm³/mol. The molecule has 0 radical (unpaired) electrons. The summed E-state index contributed by atoms with van der Waals surface area (Å²) in [4.78, 5) is 26.6. The largest absolute Gasteiger partial charge is 0.326 e. The lowest BCUT2D eigenvalue weighted by Gasteiger charge is -2.11. The first kappa shape index (κ1) is 16.5. The molecule has 3 rings (SSSR count). The molecule has 2 heterocycles. The SMILES string of the molecule is Cc1[nH]c(=O)c(C#N)c(C)c1CCC(=O)Nc1ccc2[nH]ncc2c1. The summed E-state index contributed by atoms with van der Waals surface area (Å²) >= 11 is 0. The minimum Gasteiger partial charge on any atom is -0.326 e. The highest BCUT2D eigenvalue weighted by atomic mass is 16.1. The molecule has 1 amide bonds. The van der Waals surface area contributed by atoms with E-state index in [2.05, 4.69) is 20.5 Å². The van der Waals surface area contributed by atoms with E-state index in [0.29, 0.717) is 23.4 Å². The summed E-state index contributed by atoms with van der Waals surface area (Å²) in [6, 6.07) is 7.43. The second kappa shape index (κ2) is 6.61. The molecule has 0 saturated carbocycles. The second-order valence-corrected chi connectivity index (χ2v) is 5.89. The summed E-state index contributed by atoms with van der Waals surface area (Å²) in [6.07, 6.45) is 2.40. The van der Waals surface area contributed by atoms with Gasteiger partial charge in [0.25, 0.3) is 5.56 Å². The molecule has 3 N–H and O–H groups in total. The Morgan fingerprint density at radius 2 is 2.16 bits per heavy atom. The number of carbonyl (C=O) groups is 1. The van der Waals surface area contributed by atoms with Crippen molar-refractivity contribution in [3.05, 3.63) is 57.1 Å². The van der Waals surface area contributed by atoms with E-state index < -0.39 is 0 Å². The van der Waals surface area contributed by atoms with Crippen molar-refractivity contribution in [1.29, 1.82) is 5.26 Å². The van der Waals surface area contributed by atoms with Crippen LogP contribution in [0.15, 0.2) is 29.2 Å². The Hall–Kier alpha value is -3.40. The minimum absolute atomic E-state index is 0.103. The Labute approximate surface area is 143 Å². The number of anilines is 1. The van der Waals surface area contributed by atoms with Gasteiger partial charge < -0.3 is 10.3 Å². The van der Waals surface area contributed by atoms with E-state index in [1.807, 2.05) is 24.3 Å². The Morgan fingerprint density at radius 3 is 2.92 bits per heavy atom. The van der Waals surface area contributed by atoms with Crippen molar-refractivity contribution in [1.82, 2.24) is 15.2 Å². The van der Waals surface area contributed by atoms with Crippen LogP contribution in [0.5, 0.6) is 0 Å². The quantitative estimate of drug-likeness (QED) is 0.678. The van der Waals surface area contributed by atoms with Crippen LogP contribution in [0.25, 0.3) is 10.9 Å². The van der Waals surface area contributed by atoms with Crippen LogP contribution < -0.4 is 10.9 Å². The normalized spacial score (nSPS) is 10.6. The second-order valence-electron chi connectivity index (χ2n) is 5.89. The van der Waals surface area contributed by atoms with Gasteiger partial charge in [-0.05, 0) is 49.6 Å². The van der Waals surface area contributed by atoms with Gasteiger partial charge in [-0.2, -0.15) is 10.4 Å². The smallest absolute Gasteiger partial charge is 0.266 e. The average Bonchev–Trinajstić information content (AvgIpc) is 3.02. The summed E-state index contributed by atoms with van der Waals surface area (Å²) in [7, 11) is 0. The molecule has 0 unspecified atom stereocenters. The van der Waals surface area contributed by atoms with Crippen molar-refractivity contribution in [2.75, 3.05) is 5.32 Å². The van der Waals surface area contributed by atoms with Crippen LogP contribution in [0.1, 0.15) is 28.8 Å². The Kier molecular flexibility index (Phi) is 4.35. The van der Waals surface area contributed by atoms with Gasteiger partial charge in [-0.15, -0.1) is 0 Å². The van der Waals surface area contributed by atoms with Crippen LogP contribution in [0.2, 0.25) is 0 Å². The molecule has 126 valence electrons. The summed E-state index contributed by atoms with van der Waals surface area (Å²) < 4.78 is 0. The highest BCUT2D eigenvalue weighted by Gasteiger charge is 2.13. The molecule has 7 heteroatoms. The number of aromatic amines is 2. The predicted octanol–water partition coefficient (Wildman–Crippen LogP) is 2.31. The number of fused-ring (bicyclic) bond motifs is 1. The van der Waals surface area contributed by atoms with Crippen molar-refractivity contribution < 1.29 is 4.79 Å². The highest BCUT2D eigenvalue weighted by molar-refractivity contribution is 5.93. The molecular formula is C18H17N5O2. The lowest BCUT2D eigenvalue weighted by Crippen LogP contribution is -2.18. The number of pyridine rings is 1. The van der Waals surface area contributed by atoms with Gasteiger partial charge in [0.15, 0.2) is 0 Å². The number of rotatable bonds is 4. The Morgan fingerprint density at radius 1 is 1.36 bits per heavy atom. The molecular weight excluding hydrogens is 318 g/mol. The molecule has 7 nitrogen and oxygen atoms in total. The molecule has 0 aliphatic heterocycles. The third-order valence-electron chi connectivity index (χ3n) is 4.25. The maximum absolute atomic E-state index is 12.2. The lowest BCUT2D eigenvalue weighted by molar-refractivity contribution is -0.116. The van der Waals surface area contributed by atoms with Crippen LogP contribution in [-0.2, 0) is 11.2 Å². The van der Waals surface area contributed by atoms with E-state index >= 15 is 0 Å². The van der Waals surface area contributed by atoms with Crippen LogP contribution >= 0.6 is 0 Å². The summed E-state index contributed by atoms with van der Waals surface area (Å²) in [5, 5.41) is 19.7. The van der Waals surface area contributed by atoms with E-state index in [1.165, 1.54) is 0 Å². The first-order valence-electron chi connectivity index (χ1n) is 7.85. The van der Waals surface area contributed by atoms with E-state index in [9.17, 15) is 9.59 Å². The molecule has 0 aliphatic carbocycles. The van der Waals surface area contributed by atoms with Crippen molar-refractivity contribution in [3.8, 4) is 6.07 Å². The van der Waals surface area contributed by atoms with Crippen molar-refractivity contribution in [3.63, 3.8) is 0 Å². The van der Waals surface area contributed by atoms with Crippen LogP contribution in [0, 0.1) is 25.2 Å². The zero-order valence-corrected chi connectivity index (χ0v) is 13.9. The van der Waals surface area contributed by atoms with Gasteiger partial charge in [-0.1, -0.05) is 0 Å². The number of benzene rings is 1. The van der Waals surface area contributed by atoms with E-state index in [0.717, 1.165) is 16.5 Å². The first-order chi connectivity index (χ1) is 12.0. The third-order valence-corrected chi connectivity index (χ3v) is 4.25. The fourth-order valence-electron chi connectivity index (χ4n) is 2.90. The zero-order chi connectivity index (χ0) is 18.0. The number of nitrogens with zero attached hydrogens (tertiary/aromatic N) is 2. The Balaban J connectivity index is 1.72. The number of hydrogen-bond acceptors (Lipinski definition) is 4. The van der Waals surface area contributed by atoms with Crippen molar-refractivity contribution in [2.24, 2.45) is 0 Å². The van der Waals surface area contributed by atoms with Crippen LogP contribution in [0.4, 0.5) is 5.69 Å². The number of nitriles is 1. The van der Waals surface area contributed by atoms with E-state index in [4.69, 9.17) is 5.26 Å². The zero-order valence-electron chi connectivity index (χ0n) is 13.9. The maximum atomic E-state index is 12.2. The molecule has 25 heavy (non-hydrogen) atoms. The Bertz CT molecular complexity index is 1060. The number of aryl methyl sites for hydroxylation is 1. The topological polar surface area (TPSA) is 114 Å². The van der Waals surface area contributed by atoms with Crippen LogP contribution in [-0.4, -0.2) is 21.1 Å². The molecule has 0 spiro atoms. The number of H-pyrrole nitrogens is 2.